The first-order chi connectivity index (χ1) is 21.7. The van der Waals surface area contributed by atoms with Crippen LogP contribution in [-0.4, -0.2) is 78.2 Å². The van der Waals surface area contributed by atoms with Gasteiger partial charge in [0.25, 0.3) is 0 Å². The number of methoxy groups -OCH3 is 2. The molecule has 0 aliphatic rings. The predicted octanol–water partition coefficient (Wildman–Crippen LogP) is 2.05. The van der Waals surface area contributed by atoms with Gasteiger partial charge in [-0.2, -0.15) is 4.98 Å². The maximum atomic E-state index is 13.0. The molecule has 0 saturated heterocycles. The second-order valence-corrected chi connectivity index (χ2v) is 9.51. The number of aliphatic hydroxyl groups is 1. The third-order valence-corrected chi connectivity index (χ3v) is 6.52. The molecular weight excluding hydrogens is 586 g/mol. The monoisotopic (exact) mass is 619 g/mol. The van der Waals surface area contributed by atoms with Crippen LogP contribution in [0.3, 0.4) is 0 Å². The van der Waals surface area contributed by atoms with Gasteiger partial charge in [0, 0.05) is 35.7 Å². The van der Waals surface area contributed by atoms with Crippen molar-refractivity contribution >= 4 is 28.8 Å². The molecule has 6 N–H and O–H groups in total. The summed E-state index contributed by atoms with van der Waals surface area (Å²) in [7, 11) is 3.04. The lowest BCUT2D eigenvalue weighted by Gasteiger charge is -2.14. The largest absolute Gasteiger partial charge is 0.511 e. The number of fused-ring (bicyclic) bond motifs is 1. The Bertz CT molecular complexity index is 1800. The molecular formula is C31H33N5O9. The van der Waals surface area contributed by atoms with E-state index >= 15 is 0 Å². The maximum Gasteiger partial charge on any atom is 0.511 e. The van der Waals surface area contributed by atoms with Gasteiger partial charge in [0.1, 0.15) is 5.82 Å². The number of hydrogen-bond donors (Lipinski definition) is 4. The highest BCUT2D eigenvalue weighted by atomic mass is 16.7. The number of nitrogens with two attached hydrogens (primary N) is 2. The predicted molar refractivity (Wildman–Crippen MR) is 165 cm³/mol. The molecule has 2 heterocycles. The highest BCUT2D eigenvalue weighted by Gasteiger charge is 2.15. The van der Waals surface area contributed by atoms with Crippen LogP contribution in [0.15, 0.2) is 47.5 Å². The molecule has 45 heavy (non-hydrogen) atoms. The Kier molecular flexibility index (Phi) is 11.1. The maximum absolute atomic E-state index is 13.0. The number of anilines is 2. The summed E-state index contributed by atoms with van der Waals surface area (Å²) in [5.74, 6) is 7.17. The minimum atomic E-state index is -1.60. The van der Waals surface area contributed by atoms with E-state index in [-0.39, 0.29) is 55.9 Å². The van der Waals surface area contributed by atoms with Gasteiger partial charge in [0.15, 0.2) is 17.2 Å². The van der Waals surface area contributed by atoms with Crippen LogP contribution in [0.5, 0.6) is 17.2 Å². The van der Waals surface area contributed by atoms with Crippen LogP contribution in [0.2, 0.25) is 0 Å². The molecule has 0 spiro atoms. The molecule has 0 fully saturated rings. The van der Waals surface area contributed by atoms with E-state index < -0.39 is 11.6 Å². The number of benzene rings is 2. The number of carbonyl (C=O) groups is 1. The highest BCUT2D eigenvalue weighted by molar-refractivity contribution is 5.82. The molecule has 0 unspecified atom stereocenters. The van der Waals surface area contributed by atoms with Crippen LogP contribution in [0.4, 0.5) is 16.6 Å². The average Bonchev–Trinajstić information content (AvgIpc) is 3.02. The van der Waals surface area contributed by atoms with E-state index in [9.17, 15) is 9.59 Å². The molecule has 0 aliphatic carbocycles. The van der Waals surface area contributed by atoms with Gasteiger partial charge in [-0.05, 0) is 35.9 Å². The molecule has 14 heteroatoms. The number of nitrogen functional groups attached to an aromatic ring is 2. The number of nitrogens with zero attached hydrogens (tertiary/aromatic N) is 3. The van der Waals surface area contributed by atoms with E-state index in [4.69, 9.17) is 45.4 Å². The van der Waals surface area contributed by atoms with Gasteiger partial charge >= 0.3 is 6.16 Å². The molecule has 0 bridgehead atoms. The smallest absolute Gasteiger partial charge is 0.493 e. The summed E-state index contributed by atoms with van der Waals surface area (Å²) in [5, 5.41) is 18.2. The van der Waals surface area contributed by atoms with Crippen LogP contribution < -0.4 is 31.1 Å². The van der Waals surface area contributed by atoms with Crippen molar-refractivity contribution < 1.29 is 38.7 Å². The summed E-state index contributed by atoms with van der Waals surface area (Å²) in [6.07, 6.45) is 1.68. The summed E-state index contributed by atoms with van der Waals surface area (Å²) < 4.78 is 28.3. The summed E-state index contributed by atoms with van der Waals surface area (Å²) in [6, 6.07) is 8.60. The fourth-order valence-electron chi connectivity index (χ4n) is 4.49. The number of ether oxygens (including phenoxy) is 5. The zero-order valence-electron chi connectivity index (χ0n) is 24.7. The lowest BCUT2D eigenvalue weighted by atomic mass is 10.0. The van der Waals surface area contributed by atoms with Gasteiger partial charge in [0.05, 0.1) is 64.5 Å². The Morgan fingerprint density at radius 2 is 1.78 bits per heavy atom. The first kappa shape index (κ1) is 32.6. The lowest BCUT2D eigenvalue weighted by Crippen LogP contribution is -2.18. The lowest BCUT2D eigenvalue weighted by molar-refractivity contribution is 0.0311. The van der Waals surface area contributed by atoms with Crippen LogP contribution in [0.1, 0.15) is 22.3 Å². The Balaban J connectivity index is 1.69. The van der Waals surface area contributed by atoms with E-state index in [1.165, 1.54) is 20.4 Å². The van der Waals surface area contributed by atoms with Crippen molar-refractivity contribution in [2.75, 3.05) is 58.7 Å². The number of carboxylic acid groups (broad SMARTS) is 1. The van der Waals surface area contributed by atoms with Crippen LogP contribution in [-0.2, 0) is 22.4 Å². The summed E-state index contributed by atoms with van der Waals surface area (Å²) >= 11 is 0. The van der Waals surface area contributed by atoms with Crippen molar-refractivity contribution in [3.8, 4) is 29.1 Å². The number of pyridine rings is 1. The molecule has 4 rings (SSSR count). The van der Waals surface area contributed by atoms with Crippen molar-refractivity contribution in [2.24, 2.45) is 0 Å². The molecule has 2 aromatic heterocycles. The van der Waals surface area contributed by atoms with Crippen molar-refractivity contribution in [1.29, 1.82) is 0 Å². The van der Waals surface area contributed by atoms with Gasteiger partial charge in [0.2, 0.25) is 11.4 Å². The Labute approximate surface area is 258 Å². The normalized spacial score (nSPS) is 10.7. The molecule has 14 nitrogen and oxygen atoms in total. The molecule has 236 valence electrons. The second-order valence-electron chi connectivity index (χ2n) is 9.51. The van der Waals surface area contributed by atoms with E-state index in [0.717, 1.165) is 5.56 Å². The van der Waals surface area contributed by atoms with Crippen molar-refractivity contribution in [1.82, 2.24) is 14.5 Å². The SMILES string of the molecule is COc1cc(Cc2cnc(N)nc2N)cc(C#Cc2ccc3c(=O)c(OC(=O)O)cn(CCOCCOCCO)c3c2)c1OC. The number of aliphatic hydroxyl groups excluding tert-OH is 1. The van der Waals surface area contributed by atoms with Gasteiger partial charge in [-0.15, -0.1) is 0 Å². The number of aromatic nitrogens is 3. The van der Waals surface area contributed by atoms with E-state index in [1.54, 1.807) is 29.0 Å². The van der Waals surface area contributed by atoms with Gasteiger partial charge in [-0.3, -0.25) is 4.79 Å². The van der Waals surface area contributed by atoms with Gasteiger partial charge in [-0.1, -0.05) is 11.8 Å². The fraction of sp³-hybridized carbons (Fsp3) is 0.290. The molecule has 2 aromatic carbocycles. The number of hydrogen-bond acceptors (Lipinski definition) is 12. The van der Waals surface area contributed by atoms with E-state index in [2.05, 4.69) is 21.8 Å². The van der Waals surface area contributed by atoms with Crippen molar-refractivity contribution in [3.63, 3.8) is 0 Å². The molecule has 0 atom stereocenters. The van der Waals surface area contributed by atoms with Crippen LogP contribution in [0.25, 0.3) is 10.9 Å². The zero-order valence-corrected chi connectivity index (χ0v) is 24.7. The van der Waals surface area contributed by atoms with Crippen LogP contribution in [0, 0.1) is 11.8 Å². The highest BCUT2D eigenvalue weighted by Crippen LogP contribution is 2.33. The van der Waals surface area contributed by atoms with Gasteiger partial charge in [-0.25, -0.2) is 9.78 Å². The van der Waals surface area contributed by atoms with Crippen molar-refractivity contribution in [3.05, 3.63) is 75.2 Å². The third-order valence-electron chi connectivity index (χ3n) is 6.52. The van der Waals surface area contributed by atoms with E-state index in [0.29, 0.717) is 46.7 Å². The minimum absolute atomic E-state index is 0.0814. The summed E-state index contributed by atoms with van der Waals surface area (Å²) in [6.45, 7) is 1.22. The quantitative estimate of drug-likeness (QED) is 0.0962. The Morgan fingerprint density at radius 1 is 1.00 bits per heavy atom. The molecule has 0 amide bonds. The average molecular weight is 620 g/mol. The zero-order chi connectivity index (χ0) is 32.3. The molecule has 0 saturated carbocycles. The minimum Gasteiger partial charge on any atom is -0.493 e. The molecule has 0 radical (unpaired) electrons. The fourth-order valence-corrected chi connectivity index (χ4v) is 4.49. The van der Waals surface area contributed by atoms with Crippen molar-refractivity contribution in [2.45, 2.75) is 13.0 Å². The third kappa shape index (κ3) is 8.39. The summed E-state index contributed by atoms with van der Waals surface area (Å²) in [4.78, 5) is 32.3. The summed E-state index contributed by atoms with van der Waals surface area (Å²) in [5.41, 5.74) is 14.2. The van der Waals surface area contributed by atoms with Crippen LogP contribution >= 0.6 is 0 Å². The Morgan fingerprint density at radius 3 is 2.47 bits per heavy atom. The standard InChI is InChI=1S/C31H33N5O9/c1-41-25-16-20(14-22-17-34-30(33)35-29(22)32)13-21(28(25)42-2)5-3-19-4-6-23-24(15-19)36(7-9-43-11-12-44-10-8-37)18-26(27(23)38)45-31(39)40/h4,6,13,15-18,37H,7-12,14H2,1-2H3,(H,39,40)(H4,32,33,34,35). The first-order valence-electron chi connectivity index (χ1n) is 13.7. The topological polar surface area (TPSA) is 203 Å². The second kappa shape index (κ2) is 15.4. The Hall–Kier alpha value is -5.36. The van der Waals surface area contributed by atoms with E-state index in [1.807, 2.05) is 12.1 Å². The first-order valence-corrected chi connectivity index (χ1v) is 13.7. The van der Waals surface area contributed by atoms with Gasteiger partial charge < -0.3 is 49.9 Å². The molecule has 4 aromatic rings. The molecule has 0 aliphatic heterocycles. The number of rotatable bonds is 13.